The number of hydrogen-bond donors (Lipinski definition) is 2. The van der Waals surface area contributed by atoms with Crippen LogP contribution in [-0.2, 0) is 16.0 Å². The monoisotopic (exact) mass is 302 g/mol. The number of nitrogens with one attached hydrogen (secondary N) is 1. The fourth-order valence-corrected chi connectivity index (χ4v) is 2.52. The van der Waals surface area contributed by atoms with Gasteiger partial charge in [0.2, 0.25) is 5.91 Å². The van der Waals surface area contributed by atoms with Crippen LogP contribution in [0.2, 0.25) is 10.0 Å². The summed E-state index contributed by atoms with van der Waals surface area (Å²) in [5, 5.41) is 4.07. The SMILES string of the molecule is NC1COCC1C(=O)NCCc1ccc(Cl)cc1Cl. The van der Waals surface area contributed by atoms with Gasteiger partial charge in [0.1, 0.15) is 0 Å². The Bertz CT molecular complexity index is 468. The zero-order valence-corrected chi connectivity index (χ0v) is 11.9. The zero-order valence-electron chi connectivity index (χ0n) is 10.4. The lowest BCUT2D eigenvalue weighted by atomic mass is 10.0. The maximum absolute atomic E-state index is 11.9. The Balaban J connectivity index is 1.81. The summed E-state index contributed by atoms with van der Waals surface area (Å²) in [6.07, 6.45) is 0.657. The first-order valence-electron chi connectivity index (χ1n) is 6.13. The molecule has 1 amide bonds. The topological polar surface area (TPSA) is 64.3 Å². The molecule has 2 unspecified atom stereocenters. The summed E-state index contributed by atoms with van der Waals surface area (Å²) in [6.45, 7) is 1.36. The van der Waals surface area contributed by atoms with E-state index in [1.807, 2.05) is 6.07 Å². The second kappa shape index (κ2) is 6.57. The summed E-state index contributed by atoms with van der Waals surface area (Å²) in [4.78, 5) is 11.9. The van der Waals surface area contributed by atoms with E-state index in [1.165, 1.54) is 0 Å². The third-order valence-corrected chi connectivity index (χ3v) is 3.76. The fraction of sp³-hybridized carbons (Fsp3) is 0.462. The summed E-state index contributed by atoms with van der Waals surface area (Å²) >= 11 is 11.9. The Morgan fingerprint density at radius 2 is 2.21 bits per heavy atom. The van der Waals surface area contributed by atoms with Gasteiger partial charge in [-0.1, -0.05) is 29.3 Å². The van der Waals surface area contributed by atoms with Crippen LogP contribution in [-0.4, -0.2) is 31.7 Å². The summed E-state index contributed by atoms with van der Waals surface area (Å²) in [5.74, 6) is -0.309. The molecule has 0 spiro atoms. The summed E-state index contributed by atoms with van der Waals surface area (Å²) in [6, 6.07) is 5.13. The summed E-state index contributed by atoms with van der Waals surface area (Å²) < 4.78 is 5.17. The predicted molar refractivity (Wildman–Crippen MR) is 75.5 cm³/mol. The van der Waals surface area contributed by atoms with Crippen LogP contribution in [0.4, 0.5) is 0 Å². The highest BCUT2D eigenvalue weighted by molar-refractivity contribution is 6.35. The van der Waals surface area contributed by atoms with E-state index in [9.17, 15) is 4.79 Å². The van der Waals surface area contributed by atoms with E-state index < -0.39 is 0 Å². The molecule has 2 atom stereocenters. The predicted octanol–water partition coefficient (Wildman–Crippen LogP) is 1.63. The average molecular weight is 303 g/mol. The van der Waals surface area contributed by atoms with Gasteiger partial charge in [0.25, 0.3) is 0 Å². The quantitative estimate of drug-likeness (QED) is 0.888. The molecule has 1 heterocycles. The molecule has 3 N–H and O–H groups in total. The second-order valence-electron chi connectivity index (χ2n) is 4.58. The van der Waals surface area contributed by atoms with E-state index in [0.717, 1.165) is 5.56 Å². The van der Waals surface area contributed by atoms with E-state index >= 15 is 0 Å². The van der Waals surface area contributed by atoms with Gasteiger partial charge >= 0.3 is 0 Å². The van der Waals surface area contributed by atoms with E-state index in [0.29, 0.717) is 36.2 Å². The first-order chi connectivity index (χ1) is 9.08. The molecular formula is C13H16Cl2N2O2. The van der Waals surface area contributed by atoms with Gasteiger partial charge in [0.15, 0.2) is 0 Å². The standard InChI is InChI=1S/C13H16Cl2N2O2/c14-9-2-1-8(11(15)5-9)3-4-17-13(18)10-6-19-7-12(10)16/h1-2,5,10,12H,3-4,6-7,16H2,(H,17,18). The molecule has 0 aliphatic carbocycles. The van der Waals surface area contributed by atoms with Crippen molar-refractivity contribution in [3.63, 3.8) is 0 Å². The second-order valence-corrected chi connectivity index (χ2v) is 5.43. The number of amides is 1. The average Bonchev–Trinajstić information content (AvgIpc) is 2.78. The van der Waals surface area contributed by atoms with Crippen LogP contribution < -0.4 is 11.1 Å². The lowest BCUT2D eigenvalue weighted by molar-refractivity contribution is -0.125. The summed E-state index contributed by atoms with van der Waals surface area (Å²) in [7, 11) is 0. The molecule has 0 bridgehead atoms. The Hall–Kier alpha value is -0.810. The van der Waals surface area contributed by atoms with Crippen molar-refractivity contribution in [2.75, 3.05) is 19.8 Å². The maximum atomic E-state index is 11.9. The van der Waals surface area contributed by atoms with Crippen LogP contribution in [0.1, 0.15) is 5.56 Å². The number of carbonyl (C=O) groups is 1. The molecule has 2 rings (SSSR count). The van der Waals surface area contributed by atoms with Crippen LogP contribution in [0.5, 0.6) is 0 Å². The van der Waals surface area contributed by atoms with Crippen LogP contribution in [0.25, 0.3) is 0 Å². The lowest BCUT2D eigenvalue weighted by Crippen LogP contribution is -2.41. The number of ether oxygens (including phenoxy) is 1. The molecule has 1 aromatic carbocycles. The first-order valence-corrected chi connectivity index (χ1v) is 6.88. The van der Waals surface area contributed by atoms with Gasteiger partial charge in [-0.15, -0.1) is 0 Å². The minimum absolute atomic E-state index is 0.0601. The van der Waals surface area contributed by atoms with E-state index in [4.69, 9.17) is 33.7 Å². The molecule has 1 aromatic rings. The van der Waals surface area contributed by atoms with E-state index in [2.05, 4.69) is 5.32 Å². The third kappa shape index (κ3) is 3.83. The van der Waals surface area contributed by atoms with Gasteiger partial charge in [0, 0.05) is 22.6 Å². The first kappa shape index (κ1) is 14.6. The molecule has 0 radical (unpaired) electrons. The highest BCUT2D eigenvalue weighted by Gasteiger charge is 2.30. The fourth-order valence-electron chi connectivity index (χ4n) is 2.02. The molecule has 0 aromatic heterocycles. The molecule has 4 nitrogen and oxygen atoms in total. The van der Waals surface area contributed by atoms with Crippen LogP contribution >= 0.6 is 23.2 Å². The molecular weight excluding hydrogens is 287 g/mol. The molecule has 0 saturated carbocycles. The lowest BCUT2D eigenvalue weighted by Gasteiger charge is -2.13. The highest BCUT2D eigenvalue weighted by Crippen LogP contribution is 2.21. The van der Waals surface area contributed by atoms with Crippen molar-refractivity contribution >= 4 is 29.1 Å². The van der Waals surface area contributed by atoms with E-state index in [-0.39, 0.29) is 17.9 Å². The third-order valence-electron chi connectivity index (χ3n) is 3.17. The Morgan fingerprint density at radius 1 is 1.42 bits per heavy atom. The Kier molecular flexibility index (Phi) is 5.05. The van der Waals surface area contributed by atoms with Gasteiger partial charge < -0.3 is 15.8 Å². The van der Waals surface area contributed by atoms with Crippen molar-refractivity contribution in [3.8, 4) is 0 Å². The number of carbonyl (C=O) groups excluding carboxylic acids is 1. The molecule has 104 valence electrons. The number of hydrogen-bond acceptors (Lipinski definition) is 3. The van der Waals surface area contributed by atoms with Crippen LogP contribution in [0.3, 0.4) is 0 Å². The molecule has 19 heavy (non-hydrogen) atoms. The zero-order chi connectivity index (χ0) is 13.8. The molecule has 1 saturated heterocycles. The van der Waals surface area contributed by atoms with Gasteiger partial charge in [-0.05, 0) is 24.1 Å². The van der Waals surface area contributed by atoms with E-state index in [1.54, 1.807) is 12.1 Å². The molecule has 1 fully saturated rings. The van der Waals surface area contributed by atoms with Crippen molar-refractivity contribution in [2.24, 2.45) is 11.7 Å². The maximum Gasteiger partial charge on any atom is 0.227 e. The minimum Gasteiger partial charge on any atom is -0.379 e. The largest absolute Gasteiger partial charge is 0.379 e. The number of nitrogens with two attached hydrogens (primary N) is 1. The number of halogens is 2. The van der Waals surface area contributed by atoms with Crippen molar-refractivity contribution in [3.05, 3.63) is 33.8 Å². The van der Waals surface area contributed by atoms with Crippen LogP contribution in [0, 0.1) is 5.92 Å². The number of rotatable bonds is 4. The van der Waals surface area contributed by atoms with Crippen molar-refractivity contribution in [1.29, 1.82) is 0 Å². The molecule has 1 aliphatic rings. The van der Waals surface area contributed by atoms with Crippen molar-refractivity contribution in [2.45, 2.75) is 12.5 Å². The normalized spacial score (nSPS) is 22.5. The van der Waals surface area contributed by atoms with Crippen LogP contribution in [0.15, 0.2) is 18.2 Å². The van der Waals surface area contributed by atoms with Gasteiger partial charge in [-0.25, -0.2) is 0 Å². The van der Waals surface area contributed by atoms with Gasteiger partial charge in [0.05, 0.1) is 19.1 Å². The highest BCUT2D eigenvalue weighted by atomic mass is 35.5. The molecule has 1 aliphatic heterocycles. The molecule has 6 heteroatoms. The van der Waals surface area contributed by atoms with Crippen molar-refractivity contribution < 1.29 is 9.53 Å². The number of benzene rings is 1. The van der Waals surface area contributed by atoms with Crippen molar-refractivity contribution in [1.82, 2.24) is 5.32 Å². The Morgan fingerprint density at radius 3 is 2.84 bits per heavy atom. The summed E-state index contributed by atoms with van der Waals surface area (Å²) in [5.41, 5.74) is 6.74. The van der Waals surface area contributed by atoms with Gasteiger partial charge in [-0.2, -0.15) is 0 Å². The smallest absolute Gasteiger partial charge is 0.227 e. The minimum atomic E-state index is -0.249. The Labute approximate surface area is 122 Å². The van der Waals surface area contributed by atoms with Gasteiger partial charge in [-0.3, -0.25) is 4.79 Å².